The van der Waals surface area contributed by atoms with Gasteiger partial charge in [0.2, 0.25) is 0 Å². The Bertz CT molecular complexity index is 609. The van der Waals surface area contributed by atoms with E-state index in [1.807, 2.05) is 0 Å². The average molecular weight is 334 g/mol. The van der Waals surface area contributed by atoms with Gasteiger partial charge in [-0.15, -0.1) is 0 Å². The highest BCUT2D eigenvalue weighted by Gasteiger charge is 2.50. The molecule has 24 heavy (non-hydrogen) atoms. The van der Waals surface area contributed by atoms with Crippen LogP contribution in [0.25, 0.3) is 0 Å². The van der Waals surface area contributed by atoms with Crippen molar-refractivity contribution in [1.29, 1.82) is 0 Å². The summed E-state index contributed by atoms with van der Waals surface area (Å²) in [6, 6.07) is 4.98. The summed E-state index contributed by atoms with van der Waals surface area (Å²) < 4.78 is 13.0. The Morgan fingerprint density at radius 2 is 1.67 bits per heavy atom. The summed E-state index contributed by atoms with van der Waals surface area (Å²) in [6.45, 7) is -0.113. The number of amides is 3. The fourth-order valence-electron chi connectivity index (χ4n) is 3.65. The van der Waals surface area contributed by atoms with Crippen molar-refractivity contribution in [3.05, 3.63) is 35.6 Å². The van der Waals surface area contributed by atoms with Gasteiger partial charge in [0.25, 0.3) is 5.91 Å². The van der Waals surface area contributed by atoms with Gasteiger partial charge in [-0.1, -0.05) is 44.2 Å². The number of rotatable bonds is 3. The quantitative estimate of drug-likeness (QED) is 0.835. The number of nitrogens with zero attached hydrogens (tertiary/aromatic N) is 1. The predicted octanol–water partition coefficient (Wildman–Crippen LogP) is 2.89. The lowest BCUT2D eigenvalue weighted by molar-refractivity contribution is -0.133. The van der Waals surface area contributed by atoms with E-state index in [9.17, 15) is 19.1 Å². The van der Waals surface area contributed by atoms with E-state index in [4.69, 9.17) is 0 Å². The van der Waals surface area contributed by atoms with E-state index in [1.165, 1.54) is 30.7 Å². The summed E-state index contributed by atoms with van der Waals surface area (Å²) in [4.78, 5) is 26.3. The second-order valence-electron chi connectivity index (χ2n) is 6.76. The normalized spacial score (nSPS) is 22.2. The van der Waals surface area contributed by atoms with Crippen LogP contribution in [0, 0.1) is 5.82 Å². The van der Waals surface area contributed by atoms with Crippen LogP contribution in [0.3, 0.4) is 0 Å². The maximum absolute atomic E-state index is 13.0. The molecule has 1 aromatic carbocycles. The number of hydrogen-bond donors (Lipinski definition) is 2. The molecule has 1 saturated carbocycles. The van der Waals surface area contributed by atoms with Crippen LogP contribution < -0.4 is 5.32 Å². The number of carbonyl (C=O) groups is 2. The average Bonchev–Trinajstić information content (AvgIpc) is 2.77. The third-order valence-electron chi connectivity index (χ3n) is 5.06. The zero-order chi connectivity index (χ0) is 17.2. The van der Waals surface area contributed by atoms with Gasteiger partial charge >= 0.3 is 6.03 Å². The Morgan fingerprint density at radius 1 is 1.08 bits per heavy atom. The molecule has 1 atom stereocenters. The fraction of sp³-hybridized carbons (Fsp3) is 0.556. The minimum Gasteiger partial charge on any atom is -0.387 e. The molecule has 1 unspecified atom stereocenters. The fourth-order valence-corrected chi connectivity index (χ4v) is 3.65. The van der Waals surface area contributed by atoms with Crippen LogP contribution in [-0.4, -0.2) is 34.0 Å². The number of halogens is 1. The Morgan fingerprint density at radius 3 is 2.29 bits per heavy atom. The molecule has 0 bridgehead atoms. The van der Waals surface area contributed by atoms with Gasteiger partial charge in [0.15, 0.2) is 0 Å². The molecule has 2 fully saturated rings. The molecule has 0 radical (unpaired) electrons. The summed E-state index contributed by atoms with van der Waals surface area (Å²) in [6.07, 6.45) is 5.43. The Balaban J connectivity index is 1.72. The van der Waals surface area contributed by atoms with Crippen molar-refractivity contribution >= 4 is 11.9 Å². The minimum atomic E-state index is -1.02. The lowest BCUT2D eigenvalue weighted by Crippen LogP contribution is -2.47. The Labute approximate surface area is 140 Å². The van der Waals surface area contributed by atoms with Crippen molar-refractivity contribution < 1.29 is 19.1 Å². The first-order valence-electron chi connectivity index (χ1n) is 8.59. The highest BCUT2D eigenvalue weighted by atomic mass is 19.1. The summed E-state index contributed by atoms with van der Waals surface area (Å²) in [5.41, 5.74) is -0.323. The molecular formula is C18H23FN2O3. The molecule has 2 N–H and O–H groups in total. The van der Waals surface area contributed by atoms with Crippen molar-refractivity contribution in [3.63, 3.8) is 0 Å². The van der Waals surface area contributed by atoms with E-state index in [1.54, 1.807) is 0 Å². The second-order valence-corrected chi connectivity index (χ2v) is 6.76. The second kappa shape index (κ2) is 6.89. The summed E-state index contributed by atoms with van der Waals surface area (Å²) in [5.74, 6) is -0.634. The number of nitrogens with one attached hydrogen (secondary N) is 1. The lowest BCUT2D eigenvalue weighted by Gasteiger charge is -2.28. The Kier molecular flexibility index (Phi) is 4.85. The number of hydrogen-bond acceptors (Lipinski definition) is 3. The van der Waals surface area contributed by atoms with Gasteiger partial charge in [-0.05, 0) is 30.5 Å². The standard InChI is InChI=1S/C18H23FN2O3/c19-14-8-6-13(7-9-14)15(22)12-21-16(23)18(20-17(21)24)10-4-2-1-3-5-11-18/h6-9,15,22H,1-5,10-12H2,(H,20,24). The molecule has 2 aliphatic rings. The highest BCUT2D eigenvalue weighted by Crippen LogP contribution is 2.32. The van der Waals surface area contributed by atoms with Gasteiger partial charge < -0.3 is 10.4 Å². The highest BCUT2D eigenvalue weighted by molar-refractivity contribution is 6.07. The van der Waals surface area contributed by atoms with Crippen molar-refractivity contribution in [2.75, 3.05) is 6.54 Å². The topological polar surface area (TPSA) is 69.6 Å². The van der Waals surface area contributed by atoms with Crippen LogP contribution in [-0.2, 0) is 4.79 Å². The summed E-state index contributed by atoms with van der Waals surface area (Å²) in [5, 5.41) is 13.2. The van der Waals surface area contributed by atoms with Gasteiger partial charge in [-0.2, -0.15) is 0 Å². The van der Waals surface area contributed by atoms with Gasteiger partial charge in [0.1, 0.15) is 11.4 Å². The molecule has 1 aliphatic carbocycles. The van der Waals surface area contributed by atoms with E-state index in [2.05, 4.69) is 5.32 Å². The molecule has 130 valence electrons. The molecular weight excluding hydrogens is 311 g/mol. The van der Waals surface area contributed by atoms with Crippen molar-refractivity contribution in [1.82, 2.24) is 10.2 Å². The summed E-state index contributed by atoms with van der Waals surface area (Å²) in [7, 11) is 0. The first-order valence-corrected chi connectivity index (χ1v) is 8.59. The van der Waals surface area contributed by atoms with E-state index in [0.717, 1.165) is 30.6 Å². The van der Waals surface area contributed by atoms with Crippen LogP contribution in [0.5, 0.6) is 0 Å². The molecule has 1 heterocycles. The molecule has 1 saturated heterocycles. The van der Waals surface area contributed by atoms with Crippen molar-refractivity contribution in [3.8, 4) is 0 Å². The number of imide groups is 1. The maximum Gasteiger partial charge on any atom is 0.325 e. The molecule has 3 amide bonds. The molecule has 1 aromatic rings. The number of benzene rings is 1. The predicted molar refractivity (Wildman–Crippen MR) is 86.7 cm³/mol. The van der Waals surface area contributed by atoms with Gasteiger partial charge in [-0.25, -0.2) is 9.18 Å². The minimum absolute atomic E-state index is 0.113. The van der Waals surface area contributed by atoms with Crippen LogP contribution in [0.4, 0.5) is 9.18 Å². The van der Waals surface area contributed by atoms with Crippen LogP contribution in [0.15, 0.2) is 24.3 Å². The zero-order valence-electron chi connectivity index (χ0n) is 13.6. The maximum atomic E-state index is 13.0. The third kappa shape index (κ3) is 3.29. The first kappa shape index (κ1) is 16.9. The lowest BCUT2D eigenvalue weighted by atomic mass is 9.84. The molecule has 6 heteroatoms. The monoisotopic (exact) mass is 334 g/mol. The number of aliphatic hydroxyl groups is 1. The zero-order valence-corrected chi connectivity index (χ0v) is 13.6. The number of β-amino-alcohol motifs (C(OH)–C–C–N with tert-alkyl or cyclic N) is 1. The van der Waals surface area contributed by atoms with Crippen molar-refractivity contribution in [2.24, 2.45) is 0 Å². The van der Waals surface area contributed by atoms with Crippen LogP contribution in [0.1, 0.15) is 56.6 Å². The molecule has 0 aromatic heterocycles. The van der Waals surface area contributed by atoms with Gasteiger partial charge in [-0.3, -0.25) is 9.69 Å². The van der Waals surface area contributed by atoms with Gasteiger partial charge in [0.05, 0.1) is 12.6 Å². The van der Waals surface area contributed by atoms with Crippen LogP contribution in [0.2, 0.25) is 0 Å². The molecule has 3 rings (SSSR count). The van der Waals surface area contributed by atoms with E-state index >= 15 is 0 Å². The van der Waals surface area contributed by atoms with E-state index in [0.29, 0.717) is 18.4 Å². The van der Waals surface area contributed by atoms with Crippen molar-refractivity contribution in [2.45, 2.75) is 56.6 Å². The Hall–Kier alpha value is -1.95. The third-order valence-corrected chi connectivity index (χ3v) is 5.06. The molecule has 1 spiro atoms. The largest absolute Gasteiger partial charge is 0.387 e. The number of carbonyl (C=O) groups excluding carboxylic acids is 2. The van der Waals surface area contributed by atoms with E-state index < -0.39 is 23.5 Å². The van der Waals surface area contributed by atoms with E-state index in [-0.39, 0.29) is 12.5 Å². The number of aliphatic hydroxyl groups excluding tert-OH is 1. The molecule has 1 aliphatic heterocycles. The van der Waals surface area contributed by atoms with Gasteiger partial charge in [0, 0.05) is 0 Å². The SMILES string of the molecule is O=C1NC2(CCCCCCC2)C(=O)N1CC(O)c1ccc(F)cc1. The smallest absolute Gasteiger partial charge is 0.325 e. The van der Waals surface area contributed by atoms with Crippen LogP contribution >= 0.6 is 0 Å². The number of urea groups is 1. The first-order chi connectivity index (χ1) is 11.5. The summed E-state index contributed by atoms with van der Waals surface area (Å²) >= 11 is 0. The molecule has 5 nitrogen and oxygen atoms in total.